The van der Waals surface area contributed by atoms with Gasteiger partial charge < -0.3 is 15.7 Å². The maximum atomic E-state index is 8.83. The molecule has 29 heavy (non-hydrogen) atoms. The number of anilines is 1. The number of benzene rings is 3. The van der Waals surface area contributed by atoms with Crippen molar-refractivity contribution in [1.29, 1.82) is 5.41 Å². The van der Waals surface area contributed by atoms with Crippen LogP contribution in [0.3, 0.4) is 0 Å². The first kappa shape index (κ1) is 17.5. The van der Waals surface area contributed by atoms with Crippen molar-refractivity contribution in [2.45, 2.75) is 12.8 Å². The monoisotopic (exact) mass is 377 g/mol. The molecule has 0 spiro atoms. The van der Waals surface area contributed by atoms with E-state index in [-0.39, 0.29) is 0 Å². The maximum Gasteiger partial charge on any atom is 0.0598 e. The molecule has 1 aliphatic carbocycles. The van der Waals surface area contributed by atoms with Gasteiger partial charge >= 0.3 is 0 Å². The molecule has 4 aromatic rings. The molecule has 0 amide bonds. The number of nitrogens with one attached hydrogen (secondary N) is 3. The second kappa shape index (κ2) is 7.44. The first-order valence-corrected chi connectivity index (χ1v) is 10.1. The zero-order valence-corrected chi connectivity index (χ0v) is 16.2. The van der Waals surface area contributed by atoms with Gasteiger partial charge in [0.25, 0.3) is 0 Å². The molecule has 0 aliphatic heterocycles. The Morgan fingerprint density at radius 2 is 1.59 bits per heavy atom. The van der Waals surface area contributed by atoms with E-state index < -0.39 is 0 Å². The highest BCUT2D eigenvalue weighted by Crippen LogP contribution is 2.26. The fourth-order valence-corrected chi connectivity index (χ4v) is 4.05. The second-order valence-corrected chi connectivity index (χ2v) is 7.45. The number of H-pyrrole nitrogens is 1. The largest absolute Gasteiger partial charge is 0.379 e. The Morgan fingerprint density at radius 1 is 0.862 bits per heavy atom. The van der Waals surface area contributed by atoms with Gasteiger partial charge in [-0.05, 0) is 48.2 Å². The molecule has 0 bridgehead atoms. The van der Waals surface area contributed by atoms with Crippen molar-refractivity contribution >= 4 is 34.5 Å². The lowest BCUT2D eigenvalue weighted by atomic mass is 9.97. The van der Waals surface area contributed by atoms with Gasteiger partial charge in [0.15, 0.2) is 0 Å². The van der Waals surface area contributed by atoms with Crippen molar-refractivity contribution in [3.05, 3.63) is 88.9 Å². The molecule has 1 aromatic heterocycles. The predicted molar refractivity (Wildman–Crippen MR) is 123 cm³/mol. The average Bonchev–Trinajstić information content (AvgIpc) is 3.17. The fraction of sp³-hybridized carbons (Fsp3) is 0.115. The minimum atomic E-state index is 0.481. The van der Waals surface area contributed by atoms with E-state index in [4.69, 9.17) is 5.41 Å². The normalized spacial score (nSPS) is 12.7. The highest BCUT2D eigenvalue weighted by Gasteiger charge is 2.14. The van der Waals surface area contributed by atoms with Crippen molar-refractivity contribution in [1.82, 2.24) is 4.98 Å². The Kier molecular flexibility index (Phi) is 4.49. The Morgan fingerprint density at radius 3 is 2.38 bits per heavy atom. The van der Waals surface area contributed by atoms with E-state index in [9.17, 15) is 0 Å². The molecule has 1 aliphatic rings. The number of aromatic nitrogens is 1. The first-order valence-electron chi connectivity index (χ1n) is 10.1. The molecule has 0 fully saturated rings. The molecule has 3 nitrogen and oxygen atoms in total. The van der Waals surface area contributed by atoms with Crippen LogP contribution in [0.1, 0.15) is 18.4 Å². The Hall–Kier alpha value is -3.59. The van der Waals surface area contributed by atoms with Gasteiger partial charge in [-0.2, -0.15) is 0 Å². The molecule has 0 saturated carbocycles. The topological polar surface area (TPSA) is 51.7 Å². The number of rotatable bonds is 5. The molecule has 0 saturated heterocycles. The lowest BCUT2D eigenvalue weighted by Crippen LogP contribution is -2.24. The third kappa shape index (κ3) is 3.36. The van der Waals surface area contributed by atoms with Crippen LogP contribution in [-0.2, 0) is 0 Å². The fourth-order valence-electron chi connectivity index (χ4n) is 4.05. The van der Waals surface area contributed by atoms with E-state index in [0.29, 0.717) is 12.3 Å². The molecule has 1 heterocycles. The van der Waals surface area contributed by atoms with Crippen molar-refractivity contribution < 1.29 is 0 Å². The van der Waals surface area contributed by atoms with Crippen LogP contribution in [-0.4, -0.2) is 17.2 Å². The van der Waals surface area contributed by atoms with Crippen LogP contribution in [0.15, 0.2) is 72.8 Å². The van der Waals surface area contributed by atoms with E-state index >= 15 is 0 Å². The van der Waals surface area contributed by atoms with Crippen LogP contribution < -0.4 is 15.9 Å². The van der Waals surface area contributed by atoms with E-state index in [1.165, 1.54) is 21.5 Å². The summed E-state index contributed by atoms with van der Waals surface area (Å²) in [6.07, 6.45) is 6.72. The minimum Gasteiger partial charge on any atom is -0.379 e. The summed E-state index contributed by atoms with van der Waals surface area (Å²) in [5, 5.41) is 15.9. The van der Waals surface area contributed by atoms with Gasteiger partial charge in [-0.1, -0.05) is 60.7 Å². The van der Waals surface area contributed by atoms with Crippen LogP contribution in [0.25, 0.3) is 34.2 Å². The number of fused-ring (bicyclic) bond motifs is 3. The molecular formula is C26H23N3. The first-order chi connectivity index (χ1) is 14.3. The molecule has 0 radical (unpaired) electrons. The number of aromatic amines is 1. The SMILES string of the molecule is N=C(CNc1ccccc1)c1cc(-c2ccccc2)cc2c3c([nH]c12)=CCCC=3. The zero-order valence-electron chi connectivity index (χ0n) is 16.2. The molecular weight excluding hydrogens is 354 g/mol. The highest BCUT2D eigenvalue weighted by molar-refractivity contribution is 6.11. The van der Waals surface area contributed by atoms with E-state index in [1.54, 1.807) is 0 Å². The highest BCUT2D eigenvalue weighted by atomic mass is 14.9. The van der Waals surface area contributed by atoms with Gasteiger partial charge in [-0.15, -0.1) is 0 Å². The van der Waals surface area contributed by atoms with Gasteiger partial charge in [0.2, 0.25) is 0 Å². The number of para-hydroxylation sites is 1. The van der Waals surface area contributed by atoms with Gasteiger partial charge in [-0.3, -0.25) is 0 Å². The van der Waals surface area contributed by atoms with Gasteiger partial charge in [-0.25, -0.2) is 0 Å². The van der Waals surface area contributed by atoms with Gasteiger partial charge in [0.1, 0.15) is 0 Å². The van der Waals surface area contributed by atoms with Gasteiger partial charge in [0.05, 0.1) is 17.8 Å². The molecule has 3 heteroatoms. The summed E-state index contributed by atoms with van der Waals surface area (Å²) >= 11 is 0. The van der Waals surface area contributed by atoms with E-state index in [2.05, 4.69) is 58.9 Å². The minimum absolute atomic E-state index is 0.481. The average molecular weight is 377 g/mol. The molecule has 3 aromatic carbocycles. The smallest absolute Gasteiger partial charge is 0.0598 e. The Balaban J connectivity index is 1.63. The number of hydrogen-bond acceptors (Lipinski definition) is 2. The van der Waals surface area contributed by atoms with Crippen LogP contribution >= 0.6 is 0 Å². The lowest BCUT2D eigenvalue weighted by Gasteiger charge is -2.11. The number of hydrogen-bond donors (Lipinski definition) is 3. The molecule has 0 unspecified atom stereocenters. The summed E-state index contributed by atoms with van der Waals surface area (Å²) in [5.41, 5.74) is 5.95. The van der Waals surface area contributed by atoms with E-state index in [1.807, 2.05) is 36.4 Å². The van der Waals surface area contributed by atoms with Crippen molar-refractivity contribution in [2.24, 2.45) is 0 Å². The zero-order chi connectivity index (χ0) is 19.6. The summed E-state index contributed by atoms with van der Waals surface area (Å²) in [6.45, 7) is 0.481. The van der Waals surface area contributed by atoms with Gasteiger partial charge in [0, 0.05) is 27.2 Å². The summed E-state index contributed by atoms with van der Waals surface area (Å²) in [7, 11) is 0. The molecule has 0 atom stereocenters. The third-order valence-electron chi connectivity index (χ3n) is 5.52. The van der Waals surface area contributed by atoms with Crippen LogP contribution in [0.4, 0.5) is 5.69 Å². The predicted octanol–water partition coefficient (Wildman–Crippen LogP) is 4.67. The summed E-state index contributed by atoms with van der Waals surface area (Å²) in [4.78, 5) is 3.59. The van der Waals surface area contributed by atoms with Crippen molar-refractivity contribution in [3.63, 3.8) is 0 Å². The van der Waals surface area contributed by atoms with Crippen LogP contribution in [0.2, 0.25) is 0 Å². The lowest BCUT2D eigenvalue weighted by molar-refractivity contribution is 1.11. The van der Waals surface area contributed by atoms with Crippen LogP contribution in [0.5, 0.6) is 0 Å². The van der Waals surface area contributed by atoms with Crippen molar-refractivity contribution in [2.75, 3.05) is 11.9 Å². The summed E-state index contributed by atoms with van der Waals surface area (Å²) in [5.74, 6) is 0. The van der Waals surface area contributed by atoms with E-state index in [0.717, 1.165) is 35.2 Å². The summed E-state index contributed by atoms with van der Waals surface area (Å²) in [6, 6.07) is 24.9. The molecule has 142 valence electrons. The second-order valence-electron chi connectivity index (χ2n) is 7.45. The molecule has 3 N–H and O–H groups in total. The quantitative estimate of drug-likeness (QED) is 0.435. The van der Waals surface area contributed by atoms with Crippen molar-refractivity contribution in [3.8, 4) is 11.1 Å². The molecule has 5 rings (SSSR count). The summed E-state index contributed by atoms with van der Waals surface area (Å²) < 4.78 is 0. The Labute approximate surface area is 169 Å². The Bertz CT molecular complexity index is 1300. The standard InChI is InChI=1S/C26H23N3/c27-24(17-28-20-11-5-2-6-12-20)23-16-19(18-9-3-1-4-10-18)15-22-21-13-7-8-14-25(21)29-26(22)23/h1-6,9-16,27-29H,7-8,17H2. The third-order valence-corrected chi connectivity index (χ3v) is 5.52. The van der Waals surface area contributed by atoms with Crippen LogP contribution in [0, 0.1) is 5.41 Å². The maximum absolute atomic E-state index is 8.83.